The quantitative estimate of drug-likeness (QED) is 0.335. The van der Waals surface area contributed by atoms with Crippen LogP contribution in [0.4, 0.5) is 48.3 Å². The molecule has 0 rings (SSSR count). The van der Waals surface area contributed by atoms with Crippen LogP contribution in [0.3, 0.4) is 0 Å². The van der Waals surface area contributed by atoms with Gasteiger partial charge in [0.2, 0.25) is 6.17 Å². The van der Waals surface area contributed by atoms with Gasteiger partial charge in [-0.3, -0.25) is 0 Å². The van der Waals surface area contributed by atoms with Gasteiger partial charge in [-0.1, -0.05) is 0 Å². The summed E-state index contributed by atoms with van der Waals surface area (Å²) in [5.41, 5.74) is -5.46. The maximum absolute atomic E-state index is 12.8. The van der Waals surface area contributed by atoms with Gasteiger partial charge in [0, 0.05) is 0 Å². The smallest absolute Gasteiger partial charge is 0.746 e. The summed E-state index contributed by atoms with van der Waals surface area (Å²) >= 11 is 0. The van der Waals surface area contributed by atoms with E-state index in [-0.39, 0.29) is 29.6 Å². The van der Waals surface area contributed by atoms with Gasteiger partial charge in [0.15, 0.2) is 6.17 Å². The Hall–Kier alpha value is 0.140. The van der Waals surface area contributed by atoms with Crippen LogP contribution >= 0.6 is 0 Å². The first-order valence-electron chi connectivity index (χ1n) is 4.70. The fourth-order valence-electron chi connectivity index (χ4n) is 1.05. The summed E-state index contributed by atoms with van der Waals surface area (Å²) in [6.45, 7) is 0. The van der Waals surface area contributed by atoms with Crippen molar-refractivity contribution in [3.63, 3.8) is 0 Å². The van der Waals surface area contributed by atoms with Crippen molar-refractivity contribution in [2.75, 3.05) is 0 Å². The maximum atomic E-state index is 12.8. The minimum Gasteiger partial charge on any atom is -0.746 e. The number of halogens is 11. The number of hydrogen-bond donors (Lipinski definition) is 0. The molecular weight excluding hydrogens is 396 g/mol. The molecule has 0 aromatic carbocycles. The average molecular weight is 400 g/mol. The predicted molar refractivity (Wildman–Crippen MR) is 45.2 cm³/mol. The molecule has 3 unspecified atom stereocenters. The molecule has 0 radical (unpaired) electrons. The van der Waals surface area contributed by atoms with Gasteiger partial charge < -0.3 is 4.55 Å². The summed E-state index contributed by atoms with van der Waals surface area (Å²) in [4.78, 5) is 0. The SMILES string of the molecule is O=S(=O)([O-])C(F)C(F)(F)C(F)(F)C(F)(F)C(F)C(F)C(F)F.[Na+]. The van der Waals surface area contributed by atoms with Crippen molar-refractivity contribution >= 4 is 10.1 Å². The van der Waals surface area contributed by atoms with Crippen molar-refractivity contribution in [2.24, 2.45) is 0 Å². The summed E-state index contributed by atoms with van der Waals surface area (Å²) < 4.78 is 167. The molecule has 0 heterocycles. The molecule has 134 valence electrons. The molecule has 0 aliphatic carbocycles. The number of rotatable bonds is 7. The molecule has 0 amide bonds. The standard InChI is InChI=1S/C7H5F11O3S.Na/c8-1(3(10)11)2(9)5(13,14)7(17,18)6(15,16)4(12)22(19,20)21;/h1-4H,(H,19,20,21);/q;+1/p-1. The fourth-order valence-corrected chi connectivity index (χ4v) is 1.56. The molecule has 0 N–H and O–H groups in total. The van der Waals surface area contributed by atoms with Crippen LogP contribution in [0.15, 0.2) is 0 Å². The van der Waals surface area contributed by atoms with Crippen LogP contribution in [0.2, 0.25) is 0 Å². The molecule has 23 heavy (non-hydrogen) atoms. The number of alkyl halides is 11. The third-order valence-corrected chi connectivity index (χ3v) is 3.05. The van der Waals surface area contributed by atoms with Crippen molar-refractivity contribution < 1.29 is 90.8 Å². The van der Waals surface area contributed by atoms with Gasteiger partial charge in [-0.25, -0.2) is 30.4 Å². The van der Waals surface area contributed by atoms with Gasteiger partial charge >= 0.3 is 47.3 Å². The van der Waals surface area contributed by atoms with E-state index in [1.807, 2.05) is 0 Å². The first-order chi connectivity index (χ1) is 9.42. The van der Waals surface area contributed by atoms with E-state index in [1.165, 1.54) is 0 Å². The second-order valence-corrected chi connectivity index (χ2v) is 5.21. The Balaban J connectivity index is 0. The van der Waals surface area contributed by atoms with Crippen molar-refractivity contribution in [1.29, 1.82) is 0 Å². The Labute approximate surface area is 143 Å². The average Bonchev–Trinajstić information content (AvgIpc) is 2.33. The Morgan fingerprint density at radius 3 is 1.39 bits per heavy atom. The summed E-state index contributed by atoms with van der Waals surface area (Å²) in [5.74, 6) is -21.3. The van der Waals surface area contributed by atoms with Crippen LogP contribution in [0.5, 0.6) is 0 Å². The zero-order valence-electron chi connectivity index (χ0n) is 10.6. The van der Waals surface area contributed by atoms with Crippen molar-refractivity contribution in [2.45, 2.75) is 42.0 Å². The molecular formula is C7H4F11NaO3S. The van der Waals surface area contributed by atoms with E-state index >= 15 is 0 Å². The normalized spacial score (nSPS) is 18.3. The van der Waals surface area contributed by atoms with Crippen molar-refractivity contribution in [1.82, 2.24) is 0 Å². The van der Waals surface area contributed by atoms with Gasteiger partial charge in [-0.15, -0.1) is 0 Å². The van der Waals surface area contributed by atoms with Crippen LogP contribution < -0.4 is 29.6 Å². The maximum Gasteiger partial charge on any atom is 1.00 e. The van der Waals surface area contributed by atoms with Crippen LogP contribution in [0, 0.1) is 0 Å². The first kappa shape index (κ1) is 25.4. The van der Waals surface area contributed by atoms with Gasteiger partial charge in [-0.2, -0.15) is 26.3 Å². The third-order valence-electron chi connectivity index (χ3n) is 2.24. The molecule has 0 saturated carbocycles. The molecule has 3 atom stereocenters. The Morgan fingerprint density at radius 1 is 0.783 bits per heavy atom. The van der Waals surface area contributed by atoms with E-state index in [2.05, 4.69) is 0 Å². The Bertz CT molecular complexity index is 496. The first-order valence-corrected chi connectivity index (χ1v) is 6.18. The largest absolute Gasteiger partial charge is 1.00 e. The molecule has 0 saturated heterocycles. The van der Waals surface area contributed by atoms with E-state index < -0.39 is 52.2 Å². The molecule has 0 aromatic rings. The molecule has 0 aromatic heterocycles. The van der Waals surface area contributed by atoms with E-state index in [4.69, 9.17) is 0 Å². The van der Waals surface area contributed by atoms with E-state index in [9.17, 15) is 61.3 Å². The fraction of sp³-hybridized carbons (Fsp3) is 1.00. The van der Waals surface area contributed by atoms with Gasteiger partial charge in [0.1, 0.15) is 10.1 Å². The van der Waals surface area contributed by atoms with E-state index in [0.717, 1.165) is 0 Å². The molecule has 0 aliphatic heterocycles. The Kier molecular flexibility index (Phi) is 8.36. The van der Waals surface area contributed by atoms with Crippen LogP contribution in [0.1, 0.15) is 0 Å². The zero-order valence-corrected chi connectivity index (χ0v) is 13.4. The van der Waals surface area contributed by atoms with Crippen molar-refractivity contribution in [3.8, 4) is 0 Å². The molecule has 0 spiro atoms. The van der Waals surface area contributed by atoms with Gasteiger partial charge in [0.25, 0.3) is 11.9 Å². The summed E-state index contributed by atoms with van der Waals surface area (Å²) in [7, 11) is -6.91. The summed E-state index contributed by atoms with van der Waals surface area (Å²) in [5, 5.41) is 0. The predicted octanol–water partition coefficient (Wildman–Crippen LogP) is -0.322. The molecule has 3 nitrogen and oxygen atoms in total. The van der Waals surface area contributed by atoms with Gasteiger partial charge in [-0.05, 0) is 0 Å². The summed E-state index contributed by atoms with van der Waals surface area (Å²) in [6.07, 6.45) is -14.5. The van der Waals surface area contributed by atoms with Crippen molar-refractivity contribution in [3.05, 3.63) is 0 Å². The zero-order chi connectivity index (χ0) is 18.3. The molecule has 0 fully saturated rings. The minimum atomic E-state index is -7.31. The number of hydrogen-bond acceptors (Lipinski definition) is 3. The molecule has 0 bridgehead atoms. The minimum absolute atomic E-state index is 0. The third kappa shape index (κ3) is 4.61. The second-order valence-electron chi connectivity index (χ2n) is 3.81. The van der Waals surface area contributed by atoms with E-state index in [0.29, 0.717) is 0 Å². The summed E-state index contributed by atoms with van der Waals surface area (Å²) in [6, 6.07) is 0. The Morgan fingerprint density at radius 2 is 1.13 bits per heavy atom. The monoisotopic (exact) mass is 400 g/mol. The van der Waals surface area contributed by atoms with Crippen LogP contribution in [0.25, 0.3) is 0 Å². The van der Waals surface area contributed by atoms with Gasteiger partial charge in [0.05, 0.1) is 0 Å². The van der Waals surface area contributed by atoms with Crippen LogP contribution in [-0.4, -0.2) is 55.0 Å². The molecule has 16 heteroatoms. The second kappa shape index (κ2) is 7.58. The molecule has 0 aliphatic rings. The van der Waals surface area contributed by atoms with E-state index in [1.54, 1.807) is 0 Å². The van der Waals surface area contributed by atoms with Crippen LogP contribution in [-0.2, 0) is 10.1 Å². The topological polar surface area (TPSA) is 57.2 Å².